The van der Waals surface area contributed by atoms with E-state index in [-0.39, 0.29) is 18.0 Å². The summed E-state index contributed by atoms with van der Waals surface area (Å²) in [6.07, 6.45) is 0.690. The molecule has 1 aromatic heterocycles. The molecule has 1 aromatic carbocycles. The van der Waals surface area contributed by atoms with E-state index in [0.717, 1.165) is 12.1 Å². The third-order valence-electron chi connectivity index (χ3n) is 3.68. The summed E-state index contributed by atoms with van der Waals surface area (Å²) in [5.41, 5.74) is 1.47. The van der Waals surface area contributed by atoms with Gasteiger partial charge in [-0.2, -0.15) is 0 Å². The van der Waals surface area contributed by atoms with Crippen LogP contribution in [0.3, 0.4) is 0 Å². The van der Waals surface area contributed by atoms with Crippen LogP contribution in [0.1, 0.15) is 12.1 Å². The fourth-order valence-electron chi connectivity index (χ4n) is 2.50. The molecule has 2 aromatic rings. The number of anilines is 1. The molecule has 120 valence electrons. The van der Waals surface area contributed by atoms with Crippen LogP contribution in [-0.4, -0.2) is 35.1 Å². The highest BCUT2D eigenvalue weighted by Crippen LogP contribution is 2.18. The second-order valence-corrected chi connectivity index (χ2v) is 5.53. The van der Waals surface area contributed by atoms with Crippen molar-refractivity contribution in [3.8, 4) is 5.88 Å². The van der Waals surface area contributed by atoms with Crippen LogP contribution in [-0.2, 0) is 0 Å². The number of carbonyl (C=O) groups is 1. The molecule has 0 aliphatic carbocycles. The summed E-state index contributed by atoms with van der Waals surface area (Å²) < 4.78 is 18.7. The molecule has 1 atom stereocenters. The number of benzene rings is 1. The van der Waals surface area contributed by atoms with Gasteiger partial charge in [-0.05, 0) is 37.3 Å². The zero-order valence-corrected chi connectivity index (χ0v) is 12.8. The number of pyridine rings is 1. The molecule has 1 N–H and O–H groups in total. The summed E-state index contributed by atoms with van der Waals surface area (Å²) >= 11 is 0. The average molecular weight is 315 g/mol. The van der Waals surface area contributed by atoms with Gasteiger partial charge in [0.2, 0.25) is 5.88 Å². The van der Waals surface area contributed by atoms with Crippen molar-refractivity contribution in [1.29, 1.82) is 0 Å². The highest BCUT2D eigenvalue weighted by atomic mass is 19.1. The van der Waals surface area contributed by atoms with Crippen LogP contribution in [0.4, 0.5) is 14.9 Å². The van der Waals surface area contributed by atoms with Crippen LogP contribution in [0.25, 0.3) is 0 Å². The lowest BCUT2D eigenvalue weighted by Gasteiger charge is -2.17. The number of aromatic nitrogens is 1. The molecule has 1 fully saturated rings. The van der Waals surface area contributed by atoms with Crippen LogP contribution in [0.5, 0.6) is 5.88 Å². The second kappa shape index (κ2) is 6.64. The van der Waals surface area contributed by atoms with Crippen LogP contribution >= 0.6 is 0 Å². The largest absolute Gasteiger partial charge is 0.472 e. The van der Waals surface area contributed by atoms with Gasteiger partial charge in [-0.1, -0.05) is 6.07 Å². The molecule has 1 aliphatic heterocycles. The third kappa shape index (κ3) is 3.97. The maximum atomic E-state index is 12.9. The van der Waals surface area contributed by atoms with Crippen molar-refractivity contribution in [3.05, 3.63) is 54.0 Å². The Hall–Kier alpha value is -2.63. The molecule has 1 saturated heterocycles. The second-order valence-electron chi connectivity index (χ2n) is 5.53. The monoisotopic (exact) mass is 315 g/mol. The average Bonchev–Trinajstić information content (AvgIpc) is 2.98. The Kier molecular flexibility index (Phi) is 4.41. The van der Waals surface area contributed by atoms with Gasteiger partial charge in [-0.25, -0.2) is 14.2 Å². The molecule has 0 radical (unpaired) electrons. The van der Waals surface area contributed by atoms with Gasteiger partial charge in [0.25, 0.3) is 0 Å². The fourth-order valence-corrected chi connectivity index (χ4v) is 2.50. The van der Waals surface area contributed by atoms with Crippen molar-refractivity contribution in [1.82, 2.24) is 9.88 Å². The molecule has 0 saturated carbocycles. The van der Waals surface area contributed by atoms with E-state index in [1.54, 1.807) is 4.90 Å². The van der Waals surface area contributed by atoms with Crippen LogP contribution in [0, 0.1) is 12.7 Å². The van der Waals surface area contributed by atoms with Crippen molar-refractivity contribution >= 4 is 11.7 Å². The minimum Gasteiger partial charge on any atom is -0.472 e. The van der Waals surface area contributed by atoms with Gasteiger partial charge in [-0.15, -0.1) is 0 Å². The van der Waals surface area contributed by atoms with Gasteiger partial charge in [0.05, 0.1) is 6.54 Å². The molecule has 0 bridgehead atoms. The summed E-state index contributed by atoms with van der Waals surface area (Å²) in [5, 5.41) is 2.75. The fraction of sp³-hybridized carbons (Fsp3) is 0.294. The number of hydrogen-bond donors (Lipinski definition) is 1. The number of halogens is 1. The number of nitrogens with zero attached hydrogens (tertiary/aromatic N) is 2. The van der Waals surface area contributed by atoms with Gasteiger partial charge < -0.3 is 15.0 Å². The summed E-state index contributed by atoms with van der Waals surface area (Å²) in [4.78, 5) is 18.2. The number of aryl methyl sites for hydroxylation is 1. The van der Waals surface area contributed by atoms with E-state index in [1.165, 1.54) is 24.3 Å². The number of hydrogen-bond acceptors (Lipinski definition) is 3. The standard InChI is InChI=1S/C17H18FN3O2/c1-12-3-2-4-16(19-12)23-15-9-10-21(11-15)17(22)20-14-7-5-13(18)6-8-14/h2-8,15H,9-11H2,1H3,(H,20,22)/t15-/m0/s1. The first kappa shape index (κ1) is 15.3. The number of likely N-dealkylation sites (tertiary alicyclic amines) is 1. The maximum Gasteiger partial charge on any atom is 0.321 e. The predicted molar refractivity (Wildman–Crippen MR) is 85.0 cm³/mol. The zero-order chi connectivity index (χ0) is 16.2. The van der Waals surface area contributed by atoms with Gasteiger partial charge in [0, 0.05) is 30.4 Å². The van der Waals surface area contributed by atoms with Crippen LogP contribution in [0.2, 0.25) is 0 Å². The Bertz CT molecular complexity index is 690. The van der Waals surface area contributed by atoms with E-state index in [4.69, 9.17) is 4.74 Å². The lowest BCUT2D eigenvalue weighted by Crippen LogP contribution is -2.34. The Labute approximate surface area is 134 Å². The molecule has 6 heteroatoms. The molecule has 2 amide bonds. The first-order valence-corrected chi connectivity index (χ1v) is 7.52. The Morgan fingerprint density at radius 2 is 2.09 bits per heavy atom. The zero-order valence-electron chi connectivity index (χ0n) is 12.8. The predicted octanol–water partition coefficient (Wildman–Crippen LogP) is 3.21. The van der Waals surface area contributed by atoms with Crippen LogP contribution < -0.4 is 10.1 Å². The van der Waals surface area contributed by atoms with Crippen molar-refractivity contribution in [3.63, 3.8) is 0 Å². The number of urea groups is 1. The van der Waals surface area contributed by atoms with E-state index in [2.05, 4.69) is 10.3 Å². The van der Waals surface area contributed by atoms with Crippen molar-refractivity contribution in [2.45, 2.75) is 19.4 Å². The summed E-state index contributed by atoms with van der Waals surface area (Å²) in [6.45, 7) is 3.02. The molecule has 23 heavy (non-hydrogen) atoms. The smallest absolute Gasteiger partial charge is 0.321 e. The van der Waals surface area contributed by atoms with E-state index in [0.29, 0.717) is 24.7 Å². The quantitative estimate of drug-likeness (QED) is 0.946. The first-order valence-electron chi connectivity index (χ1n) is 7.52. The van der Waals surface area contributed by atoms with Crippen LogP contribution in [0.15, 0.2) is 42.5 Å². The molecule has 1 aliphatic rings. The third-order valence-corrected chi connectivity index (χ3v) is 3.68. The van der Waals surface area contributed by atoms with Gasteiger partial charge in [0.15, 0.2) is 0 Å². The highest BCUT2D eigenvalue weighted by molar-refractivity contribution is 5.89. The van der Waals surface area contributed by atoms with Crippen molar-refractivity contribution in [2.75, 3.05) is 18.4 Å². The minimum absolute atomic E-state index is 0.0664. The Morgan fingerprint density at radius 1 is 1.30 bits per heavy atom. The lowest BCUT2D eigenvalue weighted by molar-refractivity contribution is 0.189. The first-order chi connectivity index (χ1) is 11.1. The number of ether oxygens (including phenoxy) is 1. The number of rotatable bonds is 3. The molecular weight excluding hydrogens is 297 g/mol. The van der Waals surface area contributed by atoms with Gasteiger partial charge in [-0.3, -0.25) is 0 Å². The molecule has 0 unspecified atom stereocenters. The summed E-state index contributed by atoms with van der Waals surface area (Å²) in [5.74, 6) is 0.249. The maximum absolute atomic E-state index is 12.9. The van der Waals surface area contributed by atoms with E-state index in [9.17, 15) is 9.18 Å². The lowest BCUT2D eigenvalue weighted by atomic mass is 10.3. The summed E-state index contributed by atoms with van der Waals surface area (Å²) in [7, 11) is 0. The molecular formula is C17H18FN3O2. The number of amides is 2. The van der Waals surface area contributed by atoms with Crippen molar-refractivity contribution < 1.29 is 13.9 Å². The molecule has 2 heterocycles. The Morgan fingerprint density at radius 3 is 2.83 bits per heavy atom. The van der Waals surface area contributed by atoms with E-state index < -0.39 is 0 Å². The van der Waals surface area contributed by atoms with E-state index in [1.807, 2.05) is 25.1 Å². The van der Waals surface area contributed by atoms with E-state index >= 15 is 0 Å². The topological polar surface area (TPSA) is 54.5 Å². The molecule has 3 rings (SSSR count). The highest BCUT2D eigenvalue weighted by Gasteiger charge is 2.28. The SMILES string of the molecule is Cc1cccc(O[C@H]2CCN(C(=O)Nc3ccc(F)cc3)C2)n1. The van der Waals surface area contributed by atoms with Gasteiger partial charge in [0.1, 0.15) is 11.9 Å². The molecule has 5 nitrogen and oxygen atoms in total. The minimum atomic E-state index is -0.330. The Balaban J connectivity index is 1.54. The number of nitrogens with one attached hydrogen (secondary N) is 1. The number of carbonyl (C=O) groups excluding carboxylic acids is 1. The normalized spacial score (nSPS) is 17.1. The van der Waals surface area contributed by atoms with Crippen molar-refractivity contribution in [2.24, 2.45) is 0 Å². The summed E-state index contributed by atoms with van der Waals surface area (Å²) in [6, 6.07) is 11.1. The van der Waals surface area contributed by atoms with Gasteiger partial charge >= 0.3 is 6.03 Å². The molecule has 0 spiro atoms.